The Labute approximate surface area is 233 Å². The summed E-state index contributed by atoms with van der Waals surface area (Å²) in [6.45, 7) is 3.74. The molecule has 41 heavy (non-hydrogen) atoms. The summed E-state index contributed by atoms with van der Waals surface area (Å²) in [6.07, 6.45) is -10.2. The summed E-state index contributed by atoms with van der Waals surface area (Å²) in [5.41, 5.74) is -2.27. The Kier molecular flexibility index (Phi) is 9.03. The van der Waals surface area contributed by atoms with Gasteiger partial charge in [0.25, 0.3) is 0 Å². The number of alkyl halides is 6. The molecule has 222 valence electrons. The first-order valence-corrected chi connectivity index (χ1v) is 13.0. The molecular formula is C29H30F6N2O4. The molecule has 1 N–H and O–H groups in total. The molecule has 6 nitrogen and oxygen atoms in total. The third-order valence-corrected chi connectivity index (χ3v) is 7.04. The van der Waals surface area contributed by atoms with Crippen LogP contribution in [0.1, 0.15) is 48.3 Å². The van der Waals surface area contributed by atoms with E-state index in [0.717, 1.165) is 18.1 Å². The summed E-state index contributed by atoms with van der Waals surface area (Å²) in [4.78, 5) is 12.9. The molecule has 3 atom stereocenters. The van der Waals surface area contributed by atoms with E-state index in [0.29, 0.717) is 31.2 Å². The lowest BCUT2D eigenvalue weighted by Gasteiger charge is -2.23. The number of hydrogen-bond donors (Lipinski definition) is 1. The van der Waals surface area contributed by atoms with Crippen LogP contribution in [0.3, 0.4) is 0 Å². The van der Waals surface area contributed by atoms with Gasteiger partial charge in [0.1, 0.15) is 6.10 Å². The molecule has 2 unspecified atom stereocenters. The molecule has 2 aromatic carbocycles. The number of aromatic nitrogens is 1. The monoisotopic (exact) mass is 584 g/mol. The van der Waals surface area contributed by atoms with Crippen molar-refractivity contribution in [1.29, 1.82) is 0 Å². The van der Waals surface area contributed by atoms with Crippen molar-refractivity contribution in [3.63, 3.8) is 0 Å². The first-order chi connectivity index (χ1) is 19.3. The van der Waals surface area contributed by atoms with Crippen LogP contribution in [0.2, 0.25) is 0 Å². The minimum absolute atomic E-state index is 0.0653. The van der Waals surface area contributed by atoms with Gasteiger partial charge in [0, 0.05) is 31.9 Å². The Balaban J connectivity index is 1.70. The van der Waals surface area contributed by atoms with Gasteiger partial charge >= 0.3 is 18.4 Å². The van der Waals surface area contributed by atoms with E-state index in [1.165, 1.54) is 18.6 Å². The van der Waals surface area contributed by atoms with Crippen LogP contribution in [0.5, 0.6) is 5.75 Å². The molecule has 0 aliphatic carbocycles. The van der Waals surface area contributed by atoms with Crippen LogP contribution in [0.15, 0.2) is 54.6 Å². The standard InChI is InChI=1S/C29H30F6N2O4/c1-17(26(39-3)19-8-5-4-6-9-19)36-27(38)41-25-15-24(37(18(25)2)16-21-10-7-13-40-21)22-14-20(28(30,31)32)11-12-23(22)29(33,34)35/h4-6,8-9,11-12,14-15,17,21,26H,7,10,13,16H2,1-3H3,(H,36,38)/t17?,21-,26?/m1/s1. The molecule has 1 amide bonds. The lowest BCUT2D eigenvalue weighted by atomic mass is 10.00. The summed E-state index contributed by atoms with van der Waals surface area (Å²) in [5, 5.41) is 2.66. The number of nitrogens with zero attached hydrogens (tertiary/aromatic N) is 1. The van der Waals surface area contributed by atoms with Crippen molar-refractivity contribution in [3.05, 3.63) is 77.0 Å². The van der Waals surface area contributed by atoms with E-state index in [2.05, 4.69) is 5.32 Å². The number of rotatable bonds is 8. The van der Waals surface area contributed by atoms with Crippen LogP contribution in [-0.2, 0) is 28.4 Å². The Morgan fingerprint density at radius 2 is 1.78 bits per heavy atom. The molecular weight excluding hydrogens is 554 g/mol. The smallest absolute Gasteiger partial charge is 0.408 e. The average molecular weight is 585 g/mol. The number of methoxy groups -OCH3 is 1. The molecule has 2 heterocycles. The van der Waals surface area contributed by atoms with E-state index in [1.54, 1.807) is 6.92 Å². The SMILES string of the molecule is COC(c1ccccc1)C(C)NC(=O)Oc1cc(-c2cc(C(F)(F)F)ccc2C(F)(F)F)n(C[C@H]2CCCO2)c1C. The van der Waals surface area contributed by atoms with Crippen LogP contribution in [0, 0.1) is 6.92 Å². The summed E-state index contributed by atoms with van der Waals surface area (Å²) in [5.74, 6) is -0.0955. The highest BCUT2D eigenvalue weighted by Crippen LogP contribution is 2.43. The molecule has 1 fully saturated rings. The quantitative estimate of drug-likeness (QED) is 0.278. The average Bonchev–Trinajstić information content (AvgIpc) is 3.52. The van der Waals surface area contributed by atoms with Crippen molar-refractivity contribution in [2.24, 2.45) is 0 Å². The molecule has 1 saturated heterocycles. The van der Waals surface area contributed by atoms with Crippen LogP contribution in [-0.4, -0.2) is 36.5 Å². The fourth-order valence-corrected chi connectivity index (χ4v) is 5.02. The number of benzene rings is 2. The second-order valence-corrected chi connectivity index (χ2v) is 9.87. The fraction of sp³-hybridized carbons (Fsp3) is 0.414. The molecule has 0 saturated carbocycles. The van der Waals surface area contributed by atoms with Gasteiger partial charge in [0.2, 0.25) is 0 Å². The van der Waals surface area contributed by atoms with Crippen molar-refractivity contribution in [2.75, 3.05) is 13.7 Å². The van der Waals surface area contributed by atoms with Crippen molar-refractivity contribution in [3.8, 4) is 17.0 Å². The zero-order chi connectivity index (χ0) is 29.9. The lowest BCUT2D eigenvalue weighted by Crippen LogP contribution is -2.39. The summed E-state index contributed by atoms with van der Waals surface area (Å²) in [7, 11) is 1.48. The van der Waals surface area contributed by atoms with Gasteiger partial charge in [-0.15, -0.1) is 0 Å². The number of halogens is 6. The van der Waals surface area contributed by atoms with Crippen LogP contribution in [0.4, 0.5) is 31.1 Å². The minimum Gasteiger partial charge on any atom is -0.408 e. The second kappa shape index (κ2) is 12.2. The highest BCUT2D eigenvalue weighted by atomic mass is 19.4. The maximum absolute atomic E-state index is 14.0. The largest absolute Gasteiger partial charge is 0.417 e. The van der Waals surface area contributed by atoms with Crippen molar-refractivity contribution >= 4 is 6.09 Å². The molecule has 1 aliphatic heterocycles. The summed E-state index contributed by atoms with van der Waals surface area (Å²) in [6, 6.07) is 11.0. The molecule has 0 radical (unpaired) electrons. The molecule has 0 bridgehead atoms. The normalized spacial score (nSPS) is 17.3. The highest BCUT2D eigenvalue weighted by molar-refractivity contribution is 5.74. The fourth-order valence-electron chi connectivity index (χ4n) is 5.02. The summed E-state index contributed by atoms with van der Waals surface area (Å²) >= 11 is 0. The minimum atomic E-state index is -4.94. The Morgan fingerprint density at radius 3 is 2.37 bits per heavy atom. The van der Waals surface area contributed by atoms with Crippen molar-refractivity contribution in [1.82, 2.24) is 9.88 Å². The van der Waals surface area contributed by atoms with E-state index in [9.17, 15) is 31.1 Å². The van der Waals surface area contributed by atoms with Crippen molar-refractivity contribution < 1.29 is 45.3 Å². The van der Waals surface area contributed by atoms with E-state index in [1.807, 2.05) is 30.3 Å². The van der Waals surface area contributed by atoms with Gasteiger partial charge < -0.3 is 24.1 Å². The maximum Gasteiger partial charge on any atom is 0.417 e. The van der Waals surface area contributed by atoms with Gasteiger partial charge in [0.05, 0.1) is 34.7 Å². The number of ether oxygens (including phenoxy) is 3. The van der Waals surface area contributed by atoms with E-state index in [4.69, 9.17) is 14.2 Å². The van der Waals surface area contributed by atoms with Gasteiger partial charge in [0.15, 0.2) is 5.75 Å². The Bertz CT molecular complexity index is 1350. The van der Waals surface area contributed by atoms with Gasteiger partial charge in [-0.25, -0.2) is 4.79 Å². The third kappa shape index (κ3) is 7.05. The second-order valence-electron chi connectivity index (χ2n) is 9.87. The van der Waals surface area contributed by atoms with Gasteiger partial charge in [-0.1, -0.05) is 30.3 Å². The topological polar surface area (TPSA) is 61.7 Å². The van der Waals surface area contributed by atoms with E-state index >= 15 is 0 Å². The number of hydrogen-bond acceptors (Lipinski definition) is 4. The molecule has 12 heteroatoms. The predicted molar refractivity (Wildman–Crippen MR) is 138 cm³/mol. The Morgan fingerprint density at radius 1 is 1.07 bits per heavy atom. The number of nitrogens with one attached hydrogen (secondary N) is 1. The maximum atomic E-state index is 14.0. The molecule has 1 aliphatic rings. The molecule has 4 rings (SSSR count). The van der Waals surface area contributed by atoms with E-state index < -0.39 is 47.3 Å². The van der Waals surface area contributed by atoms with Gasteiger partial charge in [-0.2, -0.15) is 26.3 Å². The first kappa shape index (κ1) is 30.4. The van der Waals surface area contributed by atoms with Crippen LogP contribution >= 0.6 is 0 Å². The number of amides is 1. The van der Waals surface area contributed by atoms with Crippen LogP contribution in [0.25, 0.3) is 11.3 Å². The number of carbonyl (C=O) groups is 1. The zero-order valence-corrected chi connectivity index (χ0v) is 22.6. The molecule has 1 aromatic heterocycles. The van der Waals surface area contributed by atoms with Crippen molar-refractivity contribution in [2.45, 2.75) is 63.8 Å². The first-order valence-electron chi connectivity index (χ1n) is 13.0. The summed E-state index contributed by atoms with van der Waals surface area (Å²) < 4.78 is 101. The number of carbonyl (C=O) groups excluding carboxylic acids is 1. The van der Waals surface area contributed by atoms with Gasteiger partial charge in [-0.05, 0) is 50.5 Å². The lowest BCUT2D eigenvalue weighted by molar-refractivity contribution is -0.141. The highest BCUT2D eigenvalue weighted by Gasteiger charge is 2.38. The van der Waals surface area contributed by atoms with Crippen LogP contribution < -0.4 is 10.1 Å². The Hall–Kier alpha value is -3.51. The molecule has 3 aromatic rings. The van der Waals surface area contributed by atoms with E-state index in [-0.39, 0.29) is 29.8 Å². The van der Waals surface area contributed by atoms with Gasteiger partial charge in [-0.3, -0.25) is 0 Å². The third-order valence-electron chi connectivity index (χ3n) is 7.04. The molecule has 0 spiro atoms. The predicted octanol–water partition coefficient (Wildman–Crippen LogP) is 7.54. The zero-order valence-electron chi connectivity index (χ0n) is 22.6.